The third kappa shape index (κ3) is 2.36. The maximum atomic E-state index is 12.2. The van der Waals surface area contributed by atoms with Gasteiger partial charge in [-0.05, 0) is 12.5 Å². The summed E-state index contributed by atoms with van der Waals surface area (Å²) in [5.74, 6) is 0.523. The van der Waals surface area contributed by atoms with Crippen LogP contribution in [0.3, 0.4) is 0 Å². The molecule has 1 fully saturated rings. The van der Waals surface area contributed by atoms with Crippen molar-refractivity contribution in [3.8, 4) is 11.4 Å². The number of hydrogen-bond donors (Lipinski definition) is 0. The number of rotatable bonds is 2. The molecular weight excluding hydrogens is 268 g/mol. The van der Waals surface area contributed by atoms with Gasteiger partial charge in [0.2, 0.25) is 5.95 Å². The first-order valence-corrected chi connectivity index (χ1v) is 6.68. The van der Waals surface area contributed by atoms with Crippen LogP contribution in [-0.2, 0) is 7.05 Å². The Morgan fingerprint density at radius 2 is 2.29 bits per heavy atom. The van der Waals surface area contributed by atoms with Gasteiger partial charge in [0, 0.05) is 32.3 Å². The average Bonchev–Trinajstić information content (AvgIpc) is 2.99. The number of anilines is 1. The quantitative estimate of drug-likeness (QED) is 0.771. The van der Waals surface area contributed by atoms with Crippen molar-refractivity contribution in [2.75, 3.05) is 11.4 Å². The van der Waals surface area contributed by atoms with Crippen LogP contribution < -0.4 is 10.5 Å². The van der Waals surface area contributed by atoms with Crippen LogP contribution in [0.1, 0.15) is 12.8 Å². The Kier molecular flexibility index (Phi) is 3.36. The molecule has 0 aromatic carbocycles. The Hall–Kier alpha value is -2.75. The van der Waals surface area contributed by atoms with Gasteiger partial charge < -0.3 is 0 Å². The number of hydrogen-bond acceptors (Lipinski definition) is 5. The van der Waals surface area contributed by atoms with Gasteiger partial charge in [-0.15, -0.1) is 0 Å². The molecule has 0 unspecified atom stereocenters. The summed E-state index contributed by atoms with van der Waals surface area (Å²) in [6, 6.07) is 3.16. The van der Waals surface area contributed by atoms with Crippen molar-refractivity contribution in [2.24, 2.45) is 7.05 Å². The lowest BCUT2D eigenvalue weighted by atomic mass is 10.3. The fourth-order valence-corrected chi connectivity index (χ4v) is 2.47. The molecule has 1 saturated heterocycles. The van der Waals surface area contributed by atoms with Crippen molar-refractivity contribution in [1.29, 1.82) is 0 Å². The van der Waals surface area contributed by atoms with Crippen molar-refractivity contribution in [2.45, 2.75) is 19.0 Å². The maximum absolute atomic E-state index is 12.2. The molecule has 7 nitrogen and oxygen atoms in total. The highest BCUT2D eigenvalue weighted by atomic mass is 16.1. The highest BCUT2D eigenvalue weighted by Crippen LogP contribution is 2.25. The summed E-state index contributed by atoms with van der Waals surface area (Å²) >= 11 is 0. The molecule has 2 aromatic rings. The van der Waals surface area contributed by atoms with E-state index >= 15 is 0 Å². The van der Waals surface area contributed by atoms with Gasteiger partial charge in [-0.2, -0.15) is 0 Å². The van der Waals surface area contributed by atoms with Crippen molar-refractivity contribution in [1.82, 2.24) is 19.5 Å². The Morgan fingerprint density at radius 1 is 1.43 bits per heavy atom. The first-order valence-electron chi connectivity index (χ1n) is 6.68. The Balaban J connectivity index is 2.11. The molecule has 1 aliphatic rings. The normalized spacial score (nSPS) is 17.7. The molecule has 0 radical (unpaired) electrons. The molecule has 1 aliphatic heterocycles. The average molecular weight is 282 g/mol. The molecule has 1 atom stereocenters. The molecule has 3 heterocycles. The second kappa shape index (κ2) is 5.32. The first kappa shape index (κ1) is 13.2. The predicted molar refractivity (Wildman–Crippen MR) is 77.5 cm³/mol. The standard InChI is InChI=1S/C14H14N6O/c1-15-12-4-3-7-20(12)14-18-11(8-13(21)19(14)2)10-5-6-16-9-17-10/h5-6,8-9,12H,3-4,7H2,2H3/t12-/m1/s1. The van der Waals surface area contributed by atoms with Crippen molar-refractivity contribution < 1.29 is 0 Å². The molecule has 2 aromatic heterocycles. The Morgan fingerprint density at radius 3 is 3.00 bits per heavy atom. The van der Waals surface area contributed by atoms with E-state index in [0.29, 0.717) is 17.3 Å². The monoisotopic (exact) mass is 282 g/mol. The molecule has 0 spiro atoms. The molecule has 0 aliphatic carbocycles. The molecular formula is C14H14N6O. The van der Waals surface area contributed by atoms with E-state index in [1.165, 1.54) is 17.0 Å². The van der Waals surface area contributed by atoms with E-state index in [-0.39, 0.29) is 11.7 Å². The third-order valence-corrected chi connectivity index (χ3v) is 3.58. The smallest absolute Gasteiger partial charge is 0.290 e. The van der Waals surface area contributed by atoms with E-state index in [4.69, 9.17) is 6.57 Å². The SMILES string of the molecule is [C-]#[N+][C@H]1CCCN1c1nc(-c2ccncn2)cc(=O)n1C. The fraction of sp³-hybridized carbons (Fsp3) is 0.357. The lowest BCUT2D eigenvalue weighted by Crippen LogP contribution is -2.33. The van der Waals surface area contributed by atoms with E-state index in [0.717, 1.165) is 19.4 Å². The molecule has 7 heteroatoms. The third-order valence-electron chi connectivity index (χ3n) is 3.58. The zero-order valence-corrected chi connectivity index (χ0v) is 11.6. The van der Waals surface area contributed by atoms with Gasteiger partial charge in [0.25, 0.3) is 5.56 Å². The maximum Gasteiger partial charge on any atom is 0.300 e. The zero-order chi connectivity index (χ0) is 14.8. The van der Waals surface area contributed by atoms with Crippen LogP contribution in [0.5, 0.6) is 0 Å². The van der Waals surface area contributed by atoms with E-state index in [1.807, 2.05) is 4.90 Å². The van der Waals surface area contributed by atoms with Gasteiger partial charge in [-0.1, -0.05) is 0 Å². The van der Waals surface area contributed by atoms with Crippen LogP contribution in [-0.4, -0.2) is 32.2 Å². The van der Waals surface area contributed by atoms with E-state index in [1.54, 1.807) is 19.3 Å². The summed E-state index contributed by atoms with van der Waals surface area (Å²) < 4.78 is 1.48. The van der Waals surface area contributed by atoms with Crippen molar-refractivity contribution >= 4 is 5.95 Å². The zero-order valence-electron chi connectivity index (χ0n) is 11.6. The first-order chi connectivity index (χ1) is 10.2. The second-order valence-corrected chi connectivity index (χ2v) is 4.88. The van der Waals surface area contributed by atoms with E-state index in [9.17, 15) is 4.79 Å². The largest absolute Gasteiger partial charge is 0.300 e. The molecule has 0 amide bonds. The lowest BCUT2D eigenvalue weighted by Gasteiger charge is -2.20. The van der Waals surface area contributed by atoms with Crippen LogP contribution in [0.2, 0.25) is 0 Å². The van der Waals surface area contributed by atoms with E-state index < -0.39 is 0 Å². The molecule has 21 heavy (non-hydrogen) atoms. The van der Waals surface area contributed by atoms with Crippen LogP contribution in [0.4, 0.5) is 5.95 Å². The minimum atomic E-state index is -0.247. The highest BCUT2D eigenvalue weighted by Gasteiger charge is 2.32. The van der Waals surface area contributed by atoms with Crippen LogP contribution in [0, 0.1) is 6.57 Å². The number of aromatic nitrogens is 4. The topological polar surface area (TPSA) is 68.3 Å². The molecule has 0 bridgehead atoms. The minimum absolute atomic E-state index is 0.163. The predicted octanol–water partition coefficient (Wildman–Crippen LogP) is 1.08. The van der Waals surface area contributed by atoms with Gasteiger partial charge in [-0.25, -0.2) is 21.5 Å². The second-order valence-electron chi connectivity index (χ2n) is 4.88. The minimum Gasteiger partial charge on any atom is -0.290 e. The summed E-state index contributed by atoms with van der Waals surface area (Å²) in [4.78, 5) is 30.2. The van der Waals surface area contributed by atoms with E-state index in [2.05, 4.69) is 19.8 Å². The molecule has 0 N–H and O–H groups in total. The highest BCUT2D eigenvalue weighted by molar-refractivity contribution is 5.55. The van der Waals surface area contributed by atoms with Gasteiger partial charge >= 0.3 is 6.17 Å². The van der Waals surface area contributed by atoms with Crippen molar-refractivity contribution in [3.63, 3.8) is 0 Å². The lowest BCUT2D eigenvalue weighted by molar-refractivity contribution is 0.718. The van der Waals surface area contributed by atoms with Gasteiger partial charge in [0.05, 0.1) is 11.4 Å². The molecule has 0 saturated carbocycles. The number of nitrogens with zero attached hydrogens (tertiary/aromatic N) is 6. The summed E-state index contributed by atoms with van der Waals surface area (Å²) in [5.41, 5.74) is 0.942. The van der Waals surface area contributed by atoms with Gasteiger partial charge in [0.15, 0.2) is 0 Å². The fourth-order valence-electron chi connectivity index (χ4n) is 2.47. The van der Waals surface area contributed by atoms with Gasteiger partial charge in [0.1, 0.15) is 6.33 Å². The van der Waals surface area contributed by atoms with Crippen molar-refractivity contribution in [3.05, 3.63) is 46.4 Å². The molecule has 3 rings (SSSR count). The summed E-state index contributed by atoms with van der Waals surface area (Å²) in [7, 11) is 1.67. The summed E-state index contributed by atoms with van der Waals surface area (Å²) in [5, 5.41) is 0. The van der Waals surface area contributed by atoms with Crippen LogP contribution in [0.15, 0.2) is 29.5 Å². The van der Waals surface area contributed by atoms with Crippen LogP contribution >= 0.6 is 0 Å². The van der Waals surface area contributed by atoms with Crippen LogP contribution in [0.25, 0.3) is 16.2 Å². The Bertz CT molecular complexity index is 748. The molecule has 106 valence electrons. The Labute approximate surface area is 121 Å². The summed E-state index contributed by atoms with van der Waals surface area (Å²) in [6.07, 6.45) is 4.52. The van der Waals surface area contributed by atoms with Gasteiger partial charge in [-0.3, -0.25) is 19.1 Å². The summed E-state index contributed by atoms with van der Waals surface area (Å²) in [6.45, 7) is 8.01.